The van der Waals surface area contributed by atoms with Gasteiger partial charge in [-0.1, -0.05) is 23.2 Å². The molecule has 0 atom stereocenters. The average molecular weight is 488 g/mol. The van der Waals surface area contributed by atoms with Crippen molar-refractivity contribution in [1.82, 2.24) is 0 Å². The van der Waals surface area contributed by atoms with Gasteiger partial charge in [-0.15, -0.1) is 0 Å². The predicted molar refractivity (Wildman–Crippen MR) is 112 cm³/mol. The van der Waals surface area contributed by atoms with Crippen LogP contribution in [0.25, 0.3) is 0 Å². The van der Waals surface area contributed by atoms with Crippen LogP contribution in [0.5, 0.6) is 11.5 Å². The van der Waals surface area contributed by atoms with Crippen LogP contribution in [-0.4, -0.2) is 42.0 Å². The smallest absolute Gasteiger partial charge is 0.338 e. The lowest BCUT2D eigenvalue weighted by Gasteiger charge is -2.12. The van der Waals surface area contributed by atoms with Gasteiger partial charge in [0.25, 0.3) is 11.4 Å². The molecule has 0 unspecified atom stereocenters. The van der Waals surface area contributed by atoms with Crippen LogP contribution in [-0.2, 0) is 4.74 Å². The van der Waals surface area contributed by atoms with Gasteiger partial charge in [0.15, 0.2) is 10.0 Å². The first-order chi connectivity index (χ1) is 15.1. The van der Waals surface area contributed by atoms with Gasteiger partial charge in [-0.25, -0.2) is 4.79 Å². The number of ether oxygens (including phenoxy) is 3. The first kappa shape index (κ1) is 24.6. The van der Waals surface area contributed by atoms with Gasteiger partial charge in [-0.3, -0.25) is 25.0 Å². The number of hydrogen-bond donors (Lipinski definition) is 1. The summed E-state index contributed by atoms with van der Waals surface area (Å²) in [6, 6.07) is 4.26. The first-order valence-electron chi connectivity index (χ1n) is 8.66. The van der Waals surface area contributed by atoms with Crippen molar-refractivity contribution in [1.29, 1.82) is 0 Å². The molecule has 0 aromatic heterocycles. The summed E-state index contributed by atoms with van der Waals surface area (Å²) < 4.78 is 15.4. The van der Waals surface area contributed by atoms with Gasteiger partial charge in [0.05, 0.1) is 35.7 Å². The summed E-state index contributed by atoms with van der Waals surface area (Å²) >= 11 is 11.9. The Morgan fingerprint density at radius 3 is 1.75 bits per heavy atom. The molecule has 0 aliphatic heterocycles. The minimum atomic E-state index is -0.903. The van der Waals surface area contributed by atoms with Crippen molar-refractivity contribution in [2.45, 2.75) is 6.42 Å². The highest BCUT2D eigenvalue weighted by molar-refractivity contribution is 6.34. The van der Waals surface area contributed by atoms with E-state index in [0.29, 0.717) is 0 Å². The average Bonchev–Trinajstić information content (AvgIpc) is 2.74. The van der Waals surface area contributed by atoms with Crippen LogP contribution < -0.4 is 15.2 Å². The van der Waals surface area contributed by atoms with Gasteiger partial charge >= 0.3 is 5.97 Å². The quantitative estimate of drug-likeness (QED) is 0.227. The van der Waals surface area contributed by atoms with Crippen molar-refractivity contribution in [3.63, 3.8) is 0 Å². The lowest BCUT2D eigenvalue weighted by Crippen LogP contribution is -2.12. The molecule has 1 amide bonds. The molecule has 32 heavy (non-hydrogen) atoms. The van der Waals surface area contributed by atoms with E-state index in [4.69, 9.17) is 38.4 Å². The maximum Gasteiger partial charge on any atom is 0.338 e. The third-order valence-corrected chi connectivity index (χ3v) is 4.70. The number of nitro groups is 2. The van der Waals surface area contributed by atoms with Gasteiger partial charge in [0.2, 0.25) is 5.91 Å². The molecule has 2 aromatic rings. The Morgan fingerprint density at radius 1 is 0.906 bits per heavy atom. The zero-order valence-corrected chi connectivity index (χ0v) is 17.8. The van der Waals surface area contributed by atoms with Crippen molar-refractivity contribution in [2.75, 3.05) is 20.3 Å². The van der Waals surface area contributed by atoms with E-state index in [1.807, 2.05) is 0 Å². The number of halogens is 2. The summed E-state index contributed by atoms with van der Waals surface area (Å²) in [4.78, 5) is 43.8. The molecule has 0 saturated heterocycles. The molecule has 170 valence electrons. The van der Waals surface area contributed by atoms with E-state index in [1.54, 1.807) is 0 Å². The van der Waals surface area contributed by atoms with Crippen LogP contribution in [0.3, 0.4) is 0 Å². The number of methoxy groups -OCH3 is 1. The maximum atomic E-state index is 11.7. The van der Waals surface area contributed by atoms with Gasteiger partial charge in [-0.2, -0.15) is 0 Å². The molecule has 0 aliphatic carbocycles. The normalized spacial score (nSPS) is 10.3. The summed E-state index contributed by atoms with van der Waals surface area (Å²) in [6.07, 6.45) is 0.178. The van der Waals surface area contributed by atoms with Crippen molar-refractivity contribution in [2.24, 2.45) is 5.73 Å². The van der Waals surface area contributed by atoms with Gasteiger partial charge in [0, 0.05) is 24.1 Å². The number of benzene rings is 2. The predicted octanol–water partition coefficient (Wildman–Crippen LogP) is 3.54. The number of nitrogens with two attached hydrogens (primary N) is 1. The van der Waals surface area contributed by atoms with Crippen LogP contribution in [0.4, 0.5) is 11.4 Å². The summed E-state index contributed by atoms with van der Waals surface area (Å²) in [7, 11) is 1.11. The maximum absolute atomic E-state index is 11.7. The summed E-state index contributed by atoms with van der Waals surface area (Å²) in [5, 5.41) is 21.6. The van der Waals surface area contributed by atoms with E-state index in [1.165, 1.54) is 12.1 Å². The fourth-order valence-corrected chi connectivity index (χ4v) is 2.91. The largest absolute Gasteiger partial charge is 0.492 e. The Kier molecular flexibility index (Phi) is 8.15. The summed E-state index contributed by atoms with van der Waals surface area (Å²) in [6.45, 7) is -0.119. The summed E-state index contributed by atoms with van der Waals surface area (Å²) in [5.41, 5.74) is 3.78. The molecule has 12 nitrogen and oxygen atoms in total. The Balaban J connectivity index is 2.09. The van der Waals surface area contributed by atoms with E-state index < -0.39 is 33.1 Å². The molecule has 0 bridgehead atoms. The lowest BCUT2D eigenvalue weighted by atomic mass is 10.2. The monoisotopic (exact) mass is 487 g/mol. The van der Waals surface area contributed by atoms with Crippen molar-refractivity contribution in [3.05, 3.63) is 65.7 Å². The zero-order chi connectivity index (χ0) is 24.0. The second-order valence-electron chi connectivity index (χ2n) is 6.04. The number of primary amides is 1. The lowest BCUT2D eigenvalue weighted by molar-refractivity contribution is -0.384. The Labute approximate surface area is 190 Å². The topological polar surface area (TPSA) is 174 Å². The van der Waals surface area contributed by atoms with E-state index in [0.717, 1.165) is 19.2 Å². The van der Waals surface area contributed by atoms with E-state index in [9.17, 15) is 29.8 Å². The fraction of sp³-hybridized carbons (Fsp3) is 0.222. The number of esters is 1. The Bertz CT molecular complexity index is 1090. The number of hydrogen-bond acceptors (Lipinski definition) is 9. The van der Waals surface area contributed by atoms with Crippen LogP contribution in [0.15, 0.2) is 24.3 Å². The minimum Gasteiger partial charge on any atom is -0.492 e. The van der Waals surface area contributed by atoms with E-state index in [2.05, 4.69) is 4.74 Å². The molecule has 0 fully saturated rings. The standard InChI is InChI=1S/C18H15Cl2N3O9/c1-30-18(25)10-6-12(23(28)29)16(20)14(8-10)32-4-2-3-31-13-7-9(17(21)24)5-11(15(13)19)22(26)27/h5-8H,2-4H2,1H3,(H2,21,24). The number of rotatable bonds is 10. The number of nitrogens with zero attached hydrogens (tertiary/aromatic N) is 2. The Morgan fingerprint density at radius 2 is 1.34 bits per heavy atom. The molecule has 0 spiro atoms. The van der Waals surface area contributed by atoms with Crippen LogP contribution in [0.1, 0.15) is 27.1 Å². The number of nitro benzene ring substituents is 2. The minimum absolute atomic E-state index is 0.0588. The Hall–Kier alpha value is -3.64. The third kappa shape index (κ3) is 5.74. The highest BCUT2D eigenvalue weighted by Crippen LogP contribution is 2.36. The van der Waals surface area contributed by atoms with Gasteiger partial charge < -0.3 is 19.9 Å². The van der Waals surface area contributed by atoms with Gasteiger partial charge in [0.1, 0.15) is 11.5 Å². The third-order valence-electron chi connectivity index (χ3n) is 3.94. The molecule has 14 heteroatoms. The highest BCUT2D eigenvalue weighted by Gasteiger charge is 2.23. The molecule has 0 radical (unpaired) electrons. The SMILES string of the molecule is COC(=O)c1cc(OCCCOc2cc(C(N)=O)cc([N+](=O)[O-])c2Cl)c(Cl)c([N+](=O)[O-])c1. The van der Waals surface area contributed by atoms with Crippen LogP contribution in [0.2, 0.25) is 10.0 Å². The molecule has 2 rings (SSSR count). The van der Waals surface area contributed by atoms with Crippen molar-refractivity contribution in [3.8, 4) is 11.5 Å². The van der Waals surface area contributed by atoms with Crippen molar-refractivity contribution >= 4 is 46.5 Å². The molecular weight excluding hydrogens is 473 g/mol. The zero-order valence-electron chi connectivity index (χ0n) is 16.3. The van der Waals surface area contributed by atoms with Crippen molar-refractivity contribution < 1.29 is 33.6 Å². The molecule has 2 aromatic carbocycles. The molecular formula is C18H15Cl2N3O9. The molecule has 0 aliphatic rings. The molecule has 2 N–H and O–H groups in total. The number of carbonyl (C=O) groups excluding carboxylic acids is 2. The molecule has 0 heterocycles. The van der Waals surface area contributed by atoms with E-state index >= 15 is 0 Å². The van der Waals surface area contributed by atoms with Crippen LogP contribution >= 0.6 is 23.2 Å². The number of amides is 1. The number of carbonyl (C=O) groups is 2. The summed E-state index contributed by atoms with van der Waals surface area (Å²) in [5.74, 6) is -1.97. The second-order valence-corrected chi connectivity index (χ2v) is 6.79. The van der Waals surface area contributed by atoms with Crippen LogP contribution in [0, 0.1) is 20.2 Å². The fourth-order valence-electron chi connectivity index (χ4n) is 2.44. The van der Waals surface area contributed by atoms with Gasteiger partial charge in [-0.05, 0) is 12.1 Å². The highest BCUT2D eigenvalue weighted by atomic mass is 35.5. The second kappa shape index (κ2) is 10.6. The molecule has 0 saturated carbocycles. The first-order valence-corrected chi connectivity index (χ1v) is 9.42. The van der Waals surface area contributed by atoms with E-state index in [-0.39, 0.29) is 52.3 Å².